The highest BCUT2D eigenvalue weighted by atomic mass is 16.3. The number of rotatable bonds is 4. The average molecular weight is 272 g/mol. The molecule has 1 unspecified atom stereocenters. The highest BCUT2D eigenvalue weighted by Crippen LogP contribution is 2.33. The van der Waals surface area contributed by atoms with Gasteiger partial charge in [-0.15, -0.1) is 0 Å². The summed E-state index contributed by atoms with van der Waals surface area (Å²) in [5.74, 6) is 0. The molecule has 0 radical (unpaired) electrons. The first kappa shape index (κ1) is 13.2. The van der Waals surface area contributed by atoms with E-state index < -0.39 is 6.10 Å². The number of aryl methyl sites for hydroxylation is 2. The van der Waals surface area contributed by atoms with E-state index in [1.807, 2.05) is 32.2 Å². The van der Waals surface area contributed by atoms with Crippen LogP contribution in [0.5, 0.6) is 0 Å². The monoisotopic (exact) mass is 272 g/mol. The molecule has 4 nitrogen and oxygen atoms in total. The SMILES string of the molecule is Cc1cc(C)cc(C(O)Cn2ccn(C3CC3)c2=O)c1. The highest BCUT2D eigenvalue weighted by Gasteiger charge is 2.25. The number of hydrogen-bond donors (Lipinski definition) is 1. The Balaban J connectivity index is 1.81. The van der Waals surface area contributed by atoms with E-state index in [0.29, 0.717) is 12.6 Å². The summed E-state index contributed by atoms with van der Waals surface area (Å²) >= 11 is 0. The maximum absolute atomic E-state index is 12.2. The van der Waals surface area contributed by atoms with Crippen LogP contribution in [-0.4, -0.2) is 14.2 Å². The van der Waals surface area contributed by atoms with E-state index in [0.717, 1.165) is 29.5 Å². The van der Waals surface area contributed by atoms with Crippen LogP contribution in [-0.2, 0) is 6.54 Å². The second-order valence-electron chi connectivity index (χ2n) is 5.81. The first-order valence-corrected chi connectivity index (χ1v) is 7.08. The second kappa shape index (κ2) is 4.94. The van der Waals surface area contributed by atoms with Crippen LogP contribution in [0.2, 0.25) is 0 Å². The minimum Gasteiger partial charge on any atom is -0.387 e. The number of imidazole rings is 1. The lowest BCUT2D eigenvalue weighted by molar-refractivity contribution is 0.154. The van der Waals surface area contributed by atoms with Crippen molar-refractivity contribution in [1.29, 1.82) is 0 Å². The second-order valence-corrected chi connectivity index (χ2v) is 5.81. The van der Waals surface area contributed by atoms with Crippen LogP contribution >= 0.6 is 0 Å². The minimum absolute atomic E-state index is 0.0177. The fourth-order valence-electron chi connectivity index (χ4n) is 2.69. The molecule has 106 valence electrons. The Hall–Kier alpha value is -1.81. The molecule has 1 heterocycles. The zero-order valence-corrected chi connectivity index (χ0v) is 11.9. The molecule has 20 heavy (non-hydrogen) atoms. The Morgan fingerprint density at radius 3 is 2.45 bits per heavy atom. The fourth-order valence-corrected chi connectivity index (χ4v) is 2.69. The maximum atomic E-state index is 12.2. The predicted octanol–water partition coefficient (Wildman–Crippen LogP) is 2.34. The molecule has 1 aliphatic carbocycles. The lowest BCUT2D eigenvalue weighted by Gasteiger charge is -2.13. The number of aromatic nitrogens is 2. The first-order valence-electron chi connectivity index (χ1n) is 7.08. The minimum atomic E-state index is -0.652. The highest BCUT2D eigenvalue weighted by molar-refractivity contribution is 5.29. The molecule has 1 N–H and O–H groups in total. The number of benzene rings is 1. The van der Waals surface area contributed by atoms with Crippen LogP contribution in [0.25, 0.3) is 0 Å². The Kier molecular flexibility index (Phi) is 3.26. The number of aliphatic hydroxyl groups is 1. The van der Waals surface area contributed by atoms with Crippen molar-refractivity contribution >= 4 is 0 Å². The van der Waals surface area contributed by atoms with Gasteiger partial charge >= 0.3 is 5.69 Å². The molecule has 0 aliphatic heterocycles. The van der Waals surface area contributed by atoms with E-state index in [-0.39, 0.29) is 5.69 Å². The van der Waals surface area contributed by atoms with E-state index in [1.165, 1.54) is 0 Å². The predicted molar refractivity (Wildman–Crippen MR) is 77.8 cm³/mol. The summed E-state index contributed by atoms with van der Waals surface area (Å²) in [7, 11) is 0. The van der Waals surface area contributed by atoms with Crippen LogP contribution in [0.15, 0.2) is 35.4 Å². The summed E-state index contributed by atoms with van der Waals surface area (Å²) in [6.45, 7) is 4.33. The summed E-state index contributed by atoms with van der Waals surface area (Å²) in [5, 5.41) is 10.3. The van der Waals surface area contributed by atoms with Gasteiger partial charge in [0.05, 0.1) is 12.6 Å². The van der Waals surface area contributed by atoms with Crippen LogP contribution in [0, 0.1) is 13.8 Å². The van der Waals surface area contributed by atoms with Crippen LogP contribution in [0.4, 0.5) is 0 Å². The zero-order chi connectivity index (χ0) is 14.3. The fraction of sp³-hybridized carbons (Fsp3) is 0.438. The lowest BCUT2D eigenvalue weighted by atomic mass is 10.0. The van der Waals surface area contributed by atoms with Crippen molar-refractivity contribution in [3.8, 4) is 0 Å². The number of nitrogens with zero attached hydrogens (tertiary/aromatic N) is 2. The molecule has 1 atom stereocenters. The molecule has 1 aromatic carbocycles. The zero-order valence-electron chi connectivity index (χ0n) is 11.9. The molecule has 1 aliphatic rings. The Labute approximate surface area is 118 Å². The number of hydrogen-bond acceptors (Lipinski definition) is 2. The molecule has 0 saturated heterocycles. The summed E-state index contributed by atoms with van der Waals surface area (Å²) in [4.78, 5) is 12.2. The average Bonchev–Trinajstić information content (AvgIpc) is 3.15. The topological polar surface area (TPSA) is 47.2 Å². The standard InChI is InChI=1S/C16H20N2O2/c1-11-7-12(2)9-13(8-11)15(19)10-17-5-6-18(16(17)20)14-3-4-14/h5-9,14-15,19H,3-4,10H2,1-2H3. The Morgan fingerprint density at radius 2 is 1.85 bits per heavy atom. The van der Waals surface area contributed by atoms with E-state index >= 15 is 0 Å². The third-order valence-electron chi connectivity index (χ3n) is 3.81. The molecule has 3 rings (SSSR count). The Morgan fingerprint density at radius 1 is 1.20 bits per heavy atom. The summed E-state index contributed by atoms with van der Waals surface area (Å²) in [6.07, 6.45) is 5.12. The van der Waals surface area contributed by atoms with Gasteiger partial charge in [-0.3, -0.25) is 9.13 Å². The molecule has 0 bridgehead atoms. The van der Waals surface area contributed by atoms with Gasteiger partial charge in [0, 0.05) is 18.4 Å². The molecular formula is C16H20N2O2. The quantitative estimate of drug-likeness (QED) is 0.928. The van der Waals surface area contributed by atoms with Gasteiger partial charge in [0.2, 0.25) is 0 Å². The third kappa shape index (κ3) is 2.56. The van der Waals surface area contributed by atoms with Crippen molar-refractivity contribution in [2.24, 2.45) is 0 Å². The molecule has 0 spiro atoms. The van der Waals surface area contributed by atoms with E-state index in [1.54, 1.807) is 15.3 Å². The van der Waals surface area contributed by atoms with Gasteiger partial charge in [-0.1, -0.05) is 29.3 Å². The molecule has 1 fully saturated rings. The van der Waals surface area contributed by atoms with Crippen LogP contribution in [0.3, 0.4) is 0 Å². The van der Waals surface area contributed by atoms with E-state index in [2.05, 4.69) is 6.07 Å². The van der Waals surface area contributed by atoms with Gasteiger partial charge in [-0.2, -0.15) is 0 Å². The summed E-state index contributed by atoms with van der Waals surface area (Å²) in [6, 6.07) is 6.40. The summed E-state index contributed by atoms with van der Waals surface area (Å²) < 4.78 is 3.37. The molecule has 1 aromatic heterocycles. The van der Waals surface area contributed by atoms with Crippen LogP contribution in [0.1, 0.15) is 41.7 Å². The third-order valence-corrected chi connectivity index (χ3v) is 3.81. The van der Waals surface area contributed by atoms with Gasteiger partial charge in [0.1, 0.15) is 0 Å². The normalized spacial score (nSPS) is 16.4. The largest absolute Gasteiger partial charge is 0.387 e. The van der Waals surface area contributed by atoms with Crippen molar-refractivity contribution in [2.75, 3.05) is 0 Å². The maximum Gasteiger partial charge on any atom is 0.328 e. The van der Waals surface area contributed by atoms with Crippen molar-refractivity contribution < 1.29 is 5.11 Å². The molecule has 4 heteroatoms. The van der Waals surface area contributed by atoms with Gasteiger partial charge < -0.3 is 5.11 Å². The van der Waals surface area contributed by atoms with Gasteiger partial charge in [-0.05, 0) is 32.3 Å². The lowest BCUT2D eigenvalue weighted by Crippen LogP contribution is -2.25. The van der Waals surface area contributed by atoms with Crippen molar-refractivity contribution in [1.82, 2.24) is 9.13 Å². The molecule has 2 aromatic rings. The van der Waals surface area contributed by atoms with Crippen molar-refractivity contribution in [2.45, 2.75) is 45.4 Å². The van der Waals surface area contributed by atoms with Gasteiger partial charge in [0.25, 0.3) is 0 Å². The van der Waals surface area contributed by atoms with E-state index in [4.69, 9.17) is 0 Å². The van der Waals surface area contributed by atoms with Gasteiger partial charge in [-0.25, -0.2) is 4.79 Å². The van der Waals surface area contributed by atoms with Crippen molar-refractivity contribution in [3.63, 3.8) is 0 Å². The Bertz CT molecular complexity index is 660. The van der Waals surface area contributed by atoms with Crippen LogP contribution < -0.4 is 5.69 Å². The number of aliphatic hydroxyl groups excluding tert-OH is 1. The van der Waals surface area contributed by atoms with Gasteiger partial charge in [0.15, 0.2) is 0 Å². The van der Waals surface area contributed by atoms with E-state index in [9.17, 15) is 9.90 Å². The molecular weight excluding hydrogens is 252 g/mol. The first-order chi connectivity index (χ1) is 9.54. The summed E-state index contributed by atoms with van der Waals surface area (Å²) in [5.41, 5.74) is 3.10. The van der Waals surface area contributed by atoms with Crippen molar-refractivity contribution in [3.05, 3.63) is 57.8 Å². The molecule has 0 amide bonds. The smallest absolute Gasteiger partial charge is 0.328 e. The molecule has 1 saturated carbocycles.